The van der Waals surface area contributed by atoms with Crippen LogP contribution in [-0.2, 0) is 0 Å². The maximum Gasteiger partial charge on any atom is 0.121 e. The van der Waals surface area contributed by atoms with E-state index in [1.54, 1.807) is 7.11 Å². The van der Waals surface area contributed by atoms with Crippen molar-refractivity contribution in [3.05, 3.63) is 54.6 Å². The van der Waals surface area contributed by atoms with Gasteiger partial charge < -0.3 is 9.84 Å². The summed E-state index contributed by atoms with van der Waals surface area (Å²) in [5.41, 5.74) is 1.93. The zero-order valence-electron chi connectivity index (χ0n) is 11.8. The predicted molar refractivity (Wildman–Crippen MR) is 79.5 cm³/mol. The number of rotatable bonds is 8. The van der Waals surface area contributed by atoms with E-state index in [1.165, 1.54) is 0 Å². The van der Waals surface area contributed by atoms with Crippen LogP contribution in [0.15, 0.2) is 43.5 Å². The molecule has 0 fully saturated rings. The van der Waals surface area contributed by atoms with Gasteiger partial charge >= 0.3 is 0 Å². The normalized spacial score (nSPS) is 12.2. The van der Waals surface area contributed by atoms with Gasteiger partial charge in [0.05, 0.1) is 13.2 Å². The smallest absolute Gasteiger partial charge is 0.121 e. The van der Waals surface area contributed by atoms with E-state index in [9.17, 15) is 5.11 Å². The zero-order valence-corrected chi connectivity index (χ0v) is 11.8. The monoisotopic (exact) mass is 261 g/mol. The van der Waals surface area contributed by atoms with Crippen molar-refractivity contribution in [3.8, 4) is 5.75 Å². The van der Waals surface area contributed by atoms with Crippen molar-refractivity contribution in [3.63, 3.8) is 0 Å². The van der Waals surface area contributed by atoms with Crippen molar-refractivity contribution >= 4 is 0 Å². The average molecular weight is 261 g/mol. The highest BCUT2D eigenvalue weighted by Crippen LogP contribution is 2.23. The number of ether oxygens (including phenoxy) is 1. The Morgan fingerprint density at radius 1 is 1.32 bits per heavy atom. The number of aliphatic hydroxyl groups is 1. The van der Waals surface area contributed by atoms with Crippen LogP contribution in [0.5, 0.6) is 5.75 Å². The third kappa shape index (κ3) is 4.54. The first-order valence-electron chi connectivity index (χ1n) is 6.39. The SMILES string of the molecule is C=CCN(CC=C)CC(O)c1ccc(OC)c(C)c1. The molecule has 0 spiro atoms. The third-order valence-electron chi connectivity index (χ3n) is 3.01. The van der Waals surface area contributed by atoms with E-state index in [0.29, 0.717) is 6.54 Å². The molecule has 1 atom stereocenters. The lowest BCUT2D eigenvalue weighted by Crippen LogP contribution is -2.29. The van der Waals surface area contributed by atoms with E-state index in [1.807, 2.05) is 37.3 Å². The van der Waals surface area contributed by atoms with Crippen molar-refractivity contribution in [2.24, 2.45) is 0 Å². The largest absolute Gasteiger partial charge is 0.496 e. The van der Waals surface area contributed by atoms with Crippen LogP contribution < -0.4 is 4.74 Å². The third-order valence-corrected chi connectivity index (χ3v) is 3.01. The molecule has 104 valence electrons. The number of aryl methyl sites for hydroxylation is 1. The van der Waals surface area contributed by atoms with E-state index in [-0.39, 0.29) is 0 Å². The Kier molecular flexibility index (Phi) is 6.33. The second-order valence-electron chi connectivity index (χ2n) is 4.54. The second kappa shape index (κ2) is 7.77. The lowest BCUT2D eigenvalue weighted by molar-refractivity contribution is 0.125. The minimum Gasteiger partial charge on any atom is -0.496 e. The maximum absolute atomic E-state index is 10.3. The molecule has 0 saturated carbocycles. The highest BCUT2D eigenvalue weighted by molar-refractivity contribution is 5.37. The number of methoxy groups -OCH3 is 1. The molecule has 0 radical (unpaired) electrons. The quantitative estimate of drug-likeness (QED) is 0.730. The Labute approximate surface area is 115 Å². The van der Waals surface area contributed by atoms with Crippen molar-refractivity contribution in [2.45, 2.75) is 13.0 Å². The van der Waals surface area contributed by atoms with Crippen LogP contribution in [-0.4, -0.2) is 36.8 Å². The van der Waals surface area contributed by atoms with Crippen molar-refractivity contribution < 1.29 is 9.84 Å². The summed E-state index contributed by atoms with van der Waals surface area (Å²) in [6.07, 6.45) is 3.13. The summed E-state index contributed by atoms with van der Waals surface area (Å²) in [6.45, 7) is 11.5. The van der Waals surface area contributed by atoms with E-state index < -0.39 is 6.10 Å². The fourth-order valence-electron chi connectivity index (χ4n) is 2.05. The van der Waals surface area contributed by atoms with Crippen LogP contribution in [0.1, 0.15) is 17.2 Å². The molecule has 0 aliphatic heterocycles. The maximum atomic E-state index is 10.3. The average Bonchev–Trinajstić information content (AvgIpc) is 2.39. The zero-order chi connectivity index (χ0) is 14.3. The molecule has 0 saturated heterocycles. The van der Waals surface area contributed by atoms with E-state index >= 15 is 0 Å². The number of hydrogen-bond donors (Lipinski definition) is 1. The topological polar surface area (TPSA) is 32.7 Å². The van der Waals surface area contributed by atoms with Crippen LogP contribution in [0.4, 0.5) is 0 Å². The highest BCUT2D eigenvalue weighted by atomic mass is 16.5. The van der Waals surface area contributed by atoms with Crippen molar-refractivity contribution in [1.82, 2.24) is 4.90 Å². The summed E-state index contributed by atoms with van der Waals surface area (Å²) in [5.74, 6) is 0.838. The Balaban J connectivity index is 2.75. The Bertz CT molecular complexity index is 419. The number of benzene rings is 1. The van der Waals surface area contributed by atoms with Gasteiger partial charge in [0.1, 0.15) is 5.75 Å². The summed E-state index contributed by atoms with van der Waals surface area (Å²) in [4.78, 5) is 2.09. The molecule has 1 unspecified atom stereocenters. The van der Waals surface area contributed by atoms with E-state index in [2.05, 4.69) is 18.1 Å². The molecule has 0 bridgehead atoms. The molecular weight excluding hydrogens is 238 g/mol. The first kappa shape index (κ1) is 15.5. The van der Waals surface area contributed by atoms with Gasteiger partial charge in [-0.15, -0.1) is 13.2 Å². The van der Waals surface area contributed by atoms with Gasteiger partial charge in [0, 0.05) is 19.6 Å². The van der Waals surface area contributed by atoms with E-state index in [4.69, 9.17) is 4.74 Å². The van der Waals surface area contributed by atoms with Crippen LogP contribution in [0, 0.1) is 6.92 Å². The molecule has 0 aliphatic rings. The molecule has 1 aromatic carbocycles. The van der Waals surface area contributed by atoms with Gasteiger partial charge in [0.2, 0.25) is 0 Å². The van der Waals surface area contributed by atoms with Gasteiger partial charge in [-0.2, -0.15) is 0 Å². The van der Waals surface area contributed by atoms with Gasteiger partial charge in [-0.05, 0) is 30.2 Å². The number of hydrogen-bond acceptors (Lipinski definition) is 3. The minimum absolute atomic E-state index is 0.524. The molecule has 1 aromatic rings. The lowest BCUT2D eigenvalue weighted by Gasteiger charge is -2.23. The summed E-state index contributed by atoms with van der Waals surface area (Å²) in [6, 6.07) is 5.75. The van der Waals surface area contributed by atoms with Crippen molar-refractivity contribution in [2.75, 3.05) is 26.7 Å². The lowest BCUT2D eigenvalue weighted by atomic mass is 10.1. The van der Waals surface area contributed by atoms with Crippen LogP contribution in [0.2, 0.25) is 0 Å². The van der Waals surface area contributed by atoms with Crippen LogP contribution in [0.25, 0.3) is 0 Å². The first-order valence-corrected chi connectivity index (χ1v) is 6.39. The first-order chi connectivity index (χ1) is 9.12. The fourth-order valence-corrected chi connectivity index (χ4v) is 2.05. The molecule has 0 heterocycles. The van der Waals surface area contributed by atoms with Crippen LogP contribution >= 0.6 is 0 Å². The number of nitrogens with zero attached hydrogens (tertiary/aromatic N) is 1. The second-order valence-corrected chi connectivity index (χ2v) is 4.54. The highest BCUT2D eigenvalue weighted by Gasteiger charge is 2.13. The molecule has 3 heteroatoms. The molecule has 1 rings (SSSR count). The molecule has 19 heavy (non-hydrogen) atoms. The van der Waals surface area contributed by atoms with Gasteiger partial charge in [-0.1, -0.05) is 18.2 Å². The molecule has 0 amide bonds. The summed E-state index contributed by atoms with van der Waals surface area (Å²) >= 11 is 0. The Hall–Kier alpha value is -1.58. The van der Waals surface area contributed by atoms with Crippen LogP contribution in [0.3, 0.4) is 0 Å². The standard InChI is InChI=1S/C16H23NO2/c1-5-9-17(10-6-2)12-15(18)14-7-8-16(19-4)13(3)11-14/h5-8,11,15,18H,1-2,9-10,12H2,3-4H3. The summed E-state index contributed by atoms with van der Waals surface area (Å²) in [7, 11) is 1.65. The van der Waals surface area contributed by atoms with Gasteiger partial charge in [-0.25, -0.2) is 0 Å². The molecule has 0 aromatic heterocycles. The van der Waals surface area contributed by atoms with Gasteiger partial charge in [-0.3, -0.25) is 4.90 Å². The molecular formula is C16H23NO2. The molecule has 1 N–H and O–H groups in total. The Morgan fingerprint density at radius 2 is 1.95 bits per heavy atom. The minimum atomic E-state index is -0.524. The molecule has 0 aliphatic carbocycles. The Morgan fingerprint density at radius 3 is 2.42 bits per heavy atom. The summed E-state index contributed by atoms with van der Waals surface area (Å²) in [5, 5.41) is 10.3. The van der Waals surface area contributed by atoms with Gasteiger partial charge in [0.15, 0.2) is 0 Å². The predicted octanol–water partition coefficient (Wildman–Crippen LogP) is 2.71. The van der Waals surface area contributed by atoms with Crippen molar-refractivity contribution in [1.29, 1.82) is 0 Å². The number of aliphatic hydroxyl groups excluding tert-OH is 1. The molecule has 3 nitrogen and oxygen atoms in total. The van der Waals surface area contributed by atoms with Gasteiger partial charge in [0.25, 0.3) is 0 Å². The van der Waals surface area contributed by atoms with E-state index in [0.717, 1.165) is 30.0 Å². The summed E-state index contributed by atoms with van der Waals surface area (Å²) < 4.78 is 5.22. The fraction of sp³-hybridized carbons (Fsp3) is 0.375.